The minimum Gasteiger partial charge on any atom is -0.486 e. The van der Waals surface area contributed by atoms with Crippen LogP contribution in [0.15, 0.2) is 35.3 Å². The fourth-order valence-electron chi connectivity index (χ4n) is 3.67. The first kappa shape index (κ1) is 17.7. The molecule has 2 aliphatic heterocycles. The summed E-state index contributed by atoms with van der Waals surface area (Å²) in [7, 11) is 2.04. The second kappa shape index (κ2) is 6.93. The highest BCUT2D eigenvalue weighted by Crippen LogP contribution is 2.33. The van der Waals surface area contributed by atoms with Crippen LogP contribution in [0.3, 0.4) is 0 Å². The number of hydrogen-bond acceptors (Lipinski definition) is 6. The molecule has 1 saturated heterocycles. The maximum absolute atomic E-state index is 13.0. The number of hydrogen-bond donors (Lipinski definition) is 1. The zero-order chi connectivity index (χ0) is 20.0. The van der Waals surface area contributed by atoms with Gasteiger partial charge in [0, 0.05) is 44.0 Å². The summed E-state index contributed by atoms with van der Waals surface area (Å²) < 4.78 is 12.5. The molecular formula is C20H21N5O4. The fraction of sp³-hybridized carbons (Fsp3) is 0.350. The summed E-state index contributed by atoms with van der Waals surface area (Å²) in [5.41, 5.74) is 1.65. The van der Waals surface area contributed by atoms with E-state index in [1.54, 1.807) is 23.2 Å². The van der Waals surface area contributed by atoms with Crippen LogP contribution >= 0.6 is 0 Å². The van der Waals surface area contributed by atoms with Gasteiger partial charge < -0.3 is 19.3 Å². The Morgan fingerprint density at radius 1 is 1.07 bits per heavy atom. The summed E-state index contributed by atoms with van der Waals surface area (Å²) >= 11 is 0. The molecule has 2 aromatic heterocycles. The van der Waals surface area contributed by atoms with Crippen LogP contribution in [0.4, 0.5) is 0 Å². The predicted octanol–water partition coefficient (Wildman–Crippen LogP) is 0.848. The lowest BCUT2D eigenvalue weighted by Gasteiger charge is -2.32. The van der Waals surface area contributed by atoms with Crippen molar-refractivity contribution < 1.29 is 14.3 Å². The van der Waals surface area contributed by atoms with Crippen molar-refractivity contribution in [1.29, 1.82) is 0 Å². The van der Waals surface area contributed by atoms with Gasteiger partial charge in [-0.3, -0.25) is 14.7 Å². The number of aromatic nitrogens is 3. The average molecular weight is 395 g/mol. The number of likely N-dealkylation sites (N-methyl/N-ethyl adjacent to an activating group) is 1. The first-order chi connectivity index (χ1) is 14.1. The van der Waals surface area contributed by atoms with Crippen LogP contribution in [0.25, 0.3) is 16.9 Å². The number of carbonyl (C=O) groups excluding carboxylic acids is 1. The summed E-state index contributed by atoms with van der Waals surface area (Å²) in [6.07, 6.45) is 1.55. The lowest BCUT2D eigenvalue weighted by atomic mass is 10.1. The highest BCUT2D eigenvalue weighted by molar-refractivity contribution is 5.99. The van der Waals surface area contributed by atoms with Crippen molar-refractivity contribution in [1.82, 2.24) is 24.4 Å². The third-order valence-electron chi connectivity index (χ3n) is 5.36. The number of piperazine rings is 1. The van der Waals surface area contributed by atoms with Gasteiger partial charge in [0.05, 0.1) is 5.69 Å². The lowest BCUT2D eigenvalue weighted by Crippen LogP contribution is -2.47. The van der Waals surface area contributed by atoms with Crippen molar-refractivity contribution in [2.24, 2.45) is 0 Å². The minimum absolute atomic E-state index is 0.122. The summed E-state index contributed by atoms with van der Waals surface area (Å²) in [4.78, 5) is 34.3. The Kier molecular flexibility index (Phi) is 4.24. The quantitative estimate of drug-likeness (QED) is 0.692. The molecule has 150 valence electrons. The molecule has 1 amide bonds. The van der Waals surface area contributed by atoms with E-state index in [-0.39, 0.29) is 11.5 Å². The number of benzene rings is 1. The molecule has 9 heteroatoms. The van der Waals surface area contributed by atoms with Gasteiger partial charge >= 0.3 is 0 Å². The van der Waals surface area contributed by atoms with Gasteiger partial charge in [-0.15, -0.1) is 0 Å². The van der Waals surface area contributed by atoms with E-state index in [0.29, 0.717) is 54.7 Å². The van der Waals surface area contributed by atoms with Gasteiger partial charge in [-0.25, -0.2) is 9.50 Å². The molecule has 0 atom stereocenters. The van der Waals surface area contributed by atoms with E-state index >= 15 is 0 Å². The van der Waals surface area contributed by atoms with Crippen LogP contribution in [0.5, 0.6) is 11.5 Å². The number of amides is 1. The monoisotopic (exact) mass is 395 g/mol. The number of nitrogens with one attached hydrogen (secondary N) is 1. The predicted molar refractivity (Wildman–Crippen MR) is 106 cm³/mol. The van der Waals surface area contributed by atoms with Crippen LogP contribution in [0.1, 0.15) is 10.4 Å². The first-order valence-electron chi connectivity index (χ1n) is 9.59. The summed E-state index contributed by atoms with van der Waals surface area (Å²) in [5, 5.41) is 2.85. The van der Waals surface area contributed by atoms with Crippen molar-refractivity contribution in [3.05, 3.63) is 46.4 Å². The van der Waals surface area contributed by atoms with Crippen LogP contribution in [0, 0.1) is 0 Å². The maximum Gasteiger partial charge on any atom is 0.273 e. The normalized spacial score (nSPS) is 16.9. The van der Waals surface area contributed by atoms with Gasteiger partial charge in [0.25, 0.3) is 11.5 Å². The Labute approximate surface area is 166 Å². The van der Waals surface area contributed by atoms with E-state index in [2.05, 4.69) is 15.0 Å². The first-order valence-corrected chi connectivity index (χ1v) is 9.59. The second-order valence-corrected chi connectivity index (χ2v) is 7.28. The molecule has 0 spiro atoms. The molecule has 0 aliphatic carbocycles. The highest BCUT2D eigenvalue weighted by atomic mass is 16.6. The standard InChI is InChI=1S/C20H21N5O4/c1-23-4-6-24(7-5-23)20(27)14-12-21-25-18(26)11-15(22-19(14)25)13-2-3-16-17(10-13)29-9-8-28-16/h2-3,10-12,21H,4-9H2,1H3. The molecule has 4 heterocycles. The van der Waals surface area contributed by atoms with E-state index in [4.69, 9.17) is 9.47 Å². The average Bonchev–Trinajstić information content (AvgIpc) is 3.18. The van der Waals surface area contributed by atoms with Gasteiger partial charge in [0.15, 0.2) is 17.1 Å². The maximum atomic E-state index is 13.0. The number of H-pyrrole nitrogens is 1. The third-order valence-corrected chi connectivity index (χ3v) is 5.36. The van der Waals surface area contributed by atoms with Gasteiger partial charge in [0.1, 0.15) is 18.8 Å². The zero-order valence-corrected chi connectivity index (χ0v) is 16.1. The van der Waals surface area contributed by atoms with Crippen LogP contribution in [-0.4, -0.2) is 76.7 Å². The molecule has 29 heavy (non-hydrogen) atoms. The molecule has 3 aromatic rings. The summed E-state index contributed by atoms with van der Waals surface area (Å²) in [6, 6.07) is 6.89. The Morgan fingerprint density at radius 3 is 2.62 bits per heavy atom. The van der Waals surface area contributed by atoms with Crippen molar-refractivity contribution in [3.63, 3.8) is 0 Å². The van der Waals surface area contributed by atoms with Crippen LogP contribution < -0.4 is 15.0 Å². The van der Waals surface area contributed by atoms with Crippen molar-refractivity contribution in [2.75, 3.05) is 46.4 Å². The smallest absolute Gasteiger partial charge is 0.273 e. The second-order valence-electron chi connectivity index (χ2n) is 7.28. The van der Waals surface area contributed by atoms with E-state index in [0.717, 1.165) is 18.7 Å². The number of aromatic amines is 1. The molecule has 2 aliphatic rings. The molecule has 5 rings (SSSR count). The van der Waals surface area contributed by atoms with Gasteiger partial charge in [-0.1, -0.05) is 0 Å². The summed E-state index contributed by atoms with van der Waals surface area (Å²) in [6.45, 7) is 3.94. The molecule has 9 nitrogen and oxygen atoms in total. The van der Waals surface area contributed by atoms with Gasteiger partial charge in [0.2, 0.25) is 0 Å². The zero-order valence-electron chi connectivity index (χ0n) is 16.1. The number of rotatable bonds is 2. The topological polar surface area (TPSA) is 92.2 Å². The summed E-state index contributed by atoms with van der Waals surface area (Å²) in [5.74, 6) is 1.17. The molecule has 0 saturated carbocycles. The van der Waals surface area contributed by atoms with Gasteiger partial charge in [-0.2, -0.15) is 0 Å². The molecule has 0 radical (unpaired) electrons. The SMILES string of the molecule is CN1CCN(C(=O)c2c[nH]n3c(=O)cc(-c4ccc5c(c4)OCCO5)nc23)CC1. The van der Waals surface area contributed by atoms with Crippen LogP contribution in [-0.2, 0) is 0 Å². The molecular weight excluding hydrogens is 374 g/mol. The number of fused-ring (bicyclic) bond motifs is 2. The molecule has 0 bridgehead atoms. The van der Waals surface area contributed by atoms with E-state index in [1.807, 2.05) is 13.1 Å². The Bertz CT molecular complexity index is 1140. The van der Waals surface area contributed by atoms with E-state index in [1.165, 1.54) is 10.6 Å². The third kappa shape index (κ3) is 3.13. The largest absolute Gasteiger partial charge is 0.486 e. The lowest BCUT2D eigenvalue weighted by molar-refractivity contribution is 0.0666. The van der Waals surface area contributed by atoms with Crippen LogP contribution in [0.2, 0.25) is 0 Å². The van der Waals surface area contributed by atoms with Crippen molar-refractivity contribution in [3.8, 4) is 22.8 Å². The minimum atomic E-state index is -0.280. The highest BCUT2D eigenvalue weighted by Gasteiger charge is 2.24. The number of carbonyl (C=O) groups is 1. The molecule has 1 N–H and O–H groups in total. The van der Waals surface area contributed by atoms with E-state index in [9.17, 15) is 9.59 Å². The molecule has 1 fully saturated rings. The van der Waals surface area contributed by atoms with E-state index < -0.39 is 0 Å². The Balaban J connectivity index is 1.54. The van der Waals surface area contributed by atoms with Crippen molar-refractivity contribution >= 4 is 11.6 Å². The number of ether oxygens (including phenoxy) is 2. The molecule has 0 unspecified atom stereocenters. The van der Waals surface area contributed by atoms with Crippen molar-refractivity contribution in [2.45, 2.75) is 0 Å². The number of nitrogens with zero attached hydrogens (tertiary/aromatic N) is 4. The van der Waals surface area contributed by atoms with Gasteiger partial charge in [-0.05, 0) is 25.2 Å². The Morgan fingerprint density at radius 2 is 1.83 bits per heavy atom. The molecule has 1 aromatic carbocycles. The fourth-order valence-corrected chi connectivity index (χ4v) is 3.67. The Hall–Kier alpha value is -3.33.